The Balaban J connectivity index is 0.00000133. The third-order valence-corrected chi connectivity index (χ3v) is 4.83. The zero-order valence-corrected chi connectivity index (χ0v) is 12.4. The number of fused-ring (bicyclic) bond motifs is 1. The number of hydrogen-bond donors (Lipinski definition) is 2. The Morgan fingerprint density at radius 3 is 2.79 bits per heavy atom. The first-order valence-corrected chi connectivity index (χ1v) is 7.56. The van der Waals surface area contributed by atoms with Crippen molar-refractivity contribution in [3.05, 3.63) is 0 Å². The summed E-state index contributed by atoms with van der Waals surface area (Å²) in [6.45, 7) is 3.96. The second kappa shape index (κ2) is 6.91. The van der Waals surface area contributed by atoms with E-state index in [9.17, 15) is 4.79 Å². The van der Waals surface area contributed by atoms with E-state index in [0.717, 1.165) is 31.6 Å². The average Bonchev–Trinajstić information content (AvgIpc) is 2.98. The van der Waals surface area contributed by atoms with Crippen LogP contribution in [0.4, 0.5) is 0 Å². The molecule has 0 aromatic carbocycles. The van der Waals surface area contributed by atoms with Crippen LogP contribution in [0.3, 0.4) is 0 Å². The quantitative estimate of drug-likeness (QED) is 0.818. The van der Waals surface area contributed by atoms with Crippen LogP contribution in [-0.2, 0) is 4.79 Å². The van der Waals surface area contributed by atoms with Gasteiger partial charge in [0.25, 0.3) is 0 Å². The van der Waals surface area contributed by atoms with Crippen LogP contribution >= 0.6 is 12.4 Å². The zero-order chi connectivity index (χ0) is 12.4. The Morgan fingerprint density at radius 2 is 2.00 bits per heavy atom. The Labute approximate surface area is 122 Å². The standard InChI is InChI=1S/C14H25N3O.ClH/c18-14(16-12-3-1-2-4-12)10-17-8-6-13-11(9-17)5-7-15-13;/h11-13,15H,1-10H2,(H,16,18);1H. The Bertz CT molecular complexity index is 307. The van der Waals surface area contributed by atoms with Gasteiger partial charge in [0.2, 0.25) is 5.91 Å². The predicted molar refractivity (Wildman–Crippen MR) is 78.6 cm³/mol. The van der Waals surface area contributed by atoms with Gasteiger partial charge in [-0.2, -0.15) is 0 Å². The van der Waals surface area contributed by atoms with E-state index >= 15 is 0 Å². The van der Waals surface area contributed by atoms with Gasteiger partial charge in [0.1, 0.15) is 0 Å². The number of hydrogen-bond acceptors (Lipinski definition) is 3. The maximum atomic E-state index is 12.0. The van der Waals surface area contributed by atoms with Crippen LogP contribution in [0.25, 0.3) is 0 Å². The second-order valence-electron chi connectivity index (χ2n) is 6.18. The summed E-state index contributed by atoms with van der Waals surface area (Å²) >= 11 is 0. The highest BCUT2D eigenvalue weighted by Crippen LogP contribution is 2.24. The molecule has 1 amide bonds. The molecule has 3 aliphatic rings. The van der Waals surface area contributed by atoms with Crippen LogP contribution in [0.5, 0.6) is 0 Å². The molecule has 110 valence electrons. The zero-order valence-electron chi connectivity index (χ0n) is 11.6. The number of rotatable bonds is 3. The van der Waals surface area contributed by atoms with E-state index < -0.39 is 0 Å². The molecule has 1 aliphatic carbocycles. The largest absolute Gasteiger partial charge is 0.352 e. The van der Waals surface area contributed by atoms with E-state index in [4.69, 9.17) is 0 Å². The first-order valence-electron chi connectivity index (χ1n) is 7.56. The van der Waals surface area contributed by atoms with Gasteiger partial charge >= 0.3 is 0 Å². The fourth-order valence-electron chi connectivity index (χ4n) is 3.81. The van der Waals surface area contributed by atoms with Crippen molar-refractivity contribution in [3.8, 4) is 0 Å². The fourth-order valence-corrected chi connectivity index (χ4v) is 3.81. The van der Waals surface area contributed by atoms with Crippen LogP contribution < -0.4 is 10.6 Å². The Morgan fingerprint density at radius 1 is 1.21 bits per heavy atom. The maximum absolute atomic E-state index is 12.0. The van der Waals surface area contributed by atoms with Crippen LogP contribution in [0, 0.1) is 5.92 Å². The third-order valence-electron chi connectivity index (χ3n) is 4.83. The Kier molecular flexibility index (Phi) is 5.48. The normalized spacial score (nSPS) is 31.8. The van der Waals surface area contributed by atoms with Crippen molar-refractivity contribution in [2.24, 2.45) is 5.92 Å². The lowest BCUT2D eigenvalue weighted by atomic mass is 9.93. The minimum Gasteiger partial charge on any atom is -0.352 e. The molecule has 19 heavy (non-hydrogen) atoms. The number of amides is 1. The summed E-state index contributed by atoms with van der Waals surface area (Å²) in [5.74, 6) is 1.02. The molecule has 5 heteroatoms. The van der Waals surface area contributed by atoms with Crippen molar-refractivity contribution >= 4 is 18.3 Å². The second-order valence-corrected chi connectivity index (χ2v) is 6.18. The minimum absolute atomic E-state index is 0. The van der Waals surface area contributed by atoms with Crippen molar-refractivity contribution in [3.63, 3.8) is 0 Å². The van der Waals surface area contributed by atoms with Gasteiger partial charge in [-0.15, -0.1) is 12.4 Å². The van der Waals surface area contributed by atoms with Crippen molar-refractivity contribution in [2.45, 2.75) is 50.6 Å². The first-order chi connectivity index (χ1) is 8.81. The van der Waals surface area contributed by atoms with Crippen molar-refractivity contribution in [1.29, 1.82) is 0 Å². The number of carbonyl (C=O) groups is 1. The van der Waals surface area contributed by atoms with E-state index in [-0.39, 0.29) is 18.3 Å². The maximum Gasteiger partial charge on any atom is 0.234 e. The highest BCUT2D eigenvalue weighted by atomic mass is 35.5. The first kappa shape index (κ1) is 15.1. The summed E-state index contributed by atoms with van der Waals surface area (Å²) in [6.07, 6.45) is 7.42. The van der Waals surface area contributed by atoms with Gasteiger partial charge in [-0.1, -0.05) is 12.8 Å². The average molecular weight is 288 g/mol. The van der Waals surface area contributed by atoms with Gasteiger partial charge in [-0.3, -0.25) is 9.69 Å². The van der Waals surface area contributed by atoms with Crippen molar-refractivity contribution < 1.29 is 4.79 Å². The summed E-state index contributed by atoms with van der Waals surface area (Å²) in [4.78, 5) is 14.3. The molecule has 2 unspecified atom stereocenters. The minimum atomic E-state index is 0. The monoisotopic (exact) mass is 287 g/mol. The molecule has 0 aromatic rings. The van der Waals surface area contributed by atoms with Crippen molar-refractivity contribution in [2.75, 3.05) is 26.2 Å². The molecule has 1 saturated carbocycles. The molecule has 2 atom stereocenters. The molecule has 0 radical (unpaired) electrons. The summed E-state index contributed by atoms with van der Waals surface area (Å²) in [6, 6.07) is 1.18. The van der Waals surface area contributed by atoms with Gasteiger partial charge in [-0.25, -0.2) is 0 Å². The molecular weight excluding hydrogens is 262 g/mol. The number of nitrogens with one attached hydrogen (secondary N) is 2. The third kappa shape index (κ3) is 3.83. The van der Waals surface area contributed by atoms with Crippen molar-refractivity contribution in [1.82, 2.24) is 15.5 Å². The number of halogens is 1. The highest BCUT2D eigenvalue weighted by Gasteiger charge is 2.33. The van der Waals surface area contributed by atoms with E-state index in [2.05, 4.69) is 15.5 Å². The van der Waals surface area contributed by atoms with Crippen LogP contribution in [0.1, 0.15) is 38.5 Å². The van der Waals surface area contributed by atoms with Gasteiger partial charge in [0, 0.05) is 25.2 Å². The predicted octanol–water partition coefficient (Wildman–Crippen LogP) is 1.15. The number of nitrogens with zero attached hydrogens (tertiary/aromatic N) is 1. The summed E-state index contributed by atoms with van der Waals surface area (Å²) in [7, 11) is 0. The lowest BCUT2D eigenvalue weighted by Gasteiger charge is -2.34. The van der Waals surface area contributed by atoms with E-state index in [0.29, 0.717) is 12.6 Å². The molecular formula is C14H26ClN3O. The van der Waals surface area contributed by atoms with E-state index in [1.54, 1.807) is 0 Å². The highest BCUT2D eigenvalue weighted by molar-refractivity contribution is 5.85. The molecule has 2 aliphatic heterocycles. The van der Waals surface area contributed by atoms with Gasteiger partial charge in [0.05, 0.1) is 6.54 Å². The van der Waals surface area contributed by atoms with E-state index in [1.807, 2.05) is 0 Å². The molecule has 4 nitrogen and oxygen atoms in total. The molecule has 0 bridgehead atoms. The molecule has 2 saturated heterocycles. The molecule has 3 fully saturated rings. The van der Waals surface area contributed by atoms with Gasteiger partial charge < -0.3 is 10.6 Å². The molecule has 2 N–H and O–H groups in total. The molecule has 0 aromatic heterocycles. The number of likely N-dealkylation sites (tertiary alicyclic amines) is 1. The lowest BCUT2D eigenvalue weighted by molar-refractivity contribution is -0.123. The summed E-state index contributed by atoms with van der Waals surface area (Å²) in [5.41, 5.74) is 0. The van der Waals surface area contributed by atoms with Crippen LogP contribution in [-0.4, -0.2) is 49.1 Å². The summed E-state index contributed by atoms with van der Waals surface area (Å²) < 4.78 is 0. The number of carbonyl (C=O) groups excluding carboxylic acids is 1. The molecule has 3 rings (SSSR count). The SMILES string of the molecule is Cl.O=C(CN1CCC2NCCC2C1)NC1CCCC1. The Hall–Kier alpha value is -0.320. The van der Waals surface area contributed by atoms with E-state index in [1.165, 1.54) is 38.5 Å². The topological polar surface area (TPSA) is 44.4 Å². The van der Waals surface area contributed by atoms with Crippen LogP contribution in [0.2, 0.25) is 0 Å². The van der Waals surface area contributed by atoms with Gasteiger partial charge in [-0.05, 0) is 38.1 Å². The smallest absolute Gasteiger partial charge is 0.234 e. The number of piperidine rings is 1. The molecule has 0 spiro atoms. The lowest BCUT2D eigenvalue weighted by Crippen LogP contribution is -2.48. The van der Waals surface area contributed by atoms with Gasteiger partial charge in [0.15, 0.2) is 0 Å². The molecule has 2 heterocycles. The fraction of sp³-hybridized carbons (Fsp3) is 0.929. The van der Waals surface area contributed by atoms with Crippen LogP contribution in [0.15, 0.2) is 0 Å². The summed E-state index contributed by atoms with van der Waals surface area (Å²) in [5, 5.41) is 6.75.